The van der Waals surface area contributed by atoms with Crippen LogP contribution in [-0.2, 0) is 0 Å². The number of hydrogen-bond acceptors (Lipinski definition) is 1. The van der Waals surface area contributed by atoms with Gasteiger partial charge in [0.1, 0.15) is 0 Å². The molecule has 24 heavy (non-hydrogen) atoms. The average molecular weight is 343 g/mol. The monoisotopic (exact) mass is 342 g/mol. The van der Waals surface area contributed by atoms with Crippen LogP contribution in [0.1, 0.15) is 47.5 Å². The van der Waals surface area contributed by atoms with Crippen LogP contribution in [0.15, 0.2) is 54.6 Å². The Bertz CT molecular complexity index is 645. The summed E-state index contributed by atoms with van der Waals surface area (Å²) in [6, 6.07) is 17.5. The second kappa shape index (κ2) is 8.46. The first-order valence-electron chi connectivity index (χ1n) is 8.92. The first-order valence-corrected chi connectivity index (χ1v) is 9.30. The van der Waals surface area contributed by atoms with E-state index in [2.05, 4.69) is 12.1 Å². The van der Waals surface area contributed by atoms with Crippen LogP contribution in [0, 0.1) is 0 Å². The van der Waals surface area contributed by atoms with Crippen LogP contribution in [0.5, 0.6) is 0 Å². The summed E-state index contributed by atoms with van der Waals surface area (Å²) in [6.07, 6.45) is 5.19. The zero-order valence-electron chi connectivity index (χ0n) is 14.0. The Morgan fingerprint density at radius 3 is 2.17 bits per heavy atom. The molecule has 126 valence electrons. The number of Topliss-reactive ketones (excluding diaryl/α,β-unsaturated/α-hetero) is 1. The molecule has 0 radical (unpaired) electrons. The molecule has 3 heteroatoms. The largest absolute Gasteiger partial charge is 0.334 e. The van der Waals surface area contributed by atoms with Crippen molar-refractivity contribution in [3.05, 3.63) is 70.7 Å². The summed E-state index contributed by atoms with van der Waals surface area (Å²) in [5.74, 6) is 0.120. The number of carbonyl (C=O) groups excluding carboxylic acids is 1. The highest BCUT2D eigenvalue weighted by Gasteiger charge is 2.27. The number of hydrogen-bond donors (Lipinski definition) is 1. The molecular formula is C21H25ClNO+. The standard InChI is InChI=1S/C21H24ClNO/c22-19-12-10-18(11-13-19)21(24)20(17-8-4-3-5-9-17)16-23-14-6-1-2-7-15-23/h3-5,8-13,20H,1-2,6-7,14-16H2/p+1/t20-/m0/s1. The van der Waals surface area contributed by atoms with Crippen molar-refractivity contribution < 1.29 is 9.69 Å². The molecule has 0 aromatic heterocycles. The number of halogens is 1. The predicted molar refractivity (Wildman–Crippen MR) is 99.0 cm³/mol. The van der Waals surface area contributed by atoms with Crippen molar-refractivity contribution in [2.75, 3.05) is 19.6 Å². The van der Waals surface area contributed by atoms with E-state index in [0.29, 0.717) is 5.02 Å². The summed E-state index contributed by atoms with van der Waals surface area (Å²) in [6.45, 7) is 3.24. The van der Waals surface area contributed by atoms with Crippen LogP contribution in [0.25, 0.3) is 0 Å². The van der Waals surface area contributed by atoms with Gasteiger partial charge in [-0.3, -0.25) is 4.79 Å². The fourth-order valence-electron chi connectivity index (χ4n) is 3.58. The SMILES string of the molecule is O=C(c1ccc(Cl)cc1)[C@@H](C[NH+]1CCCCCC1)c1ccccc1. The molecule has 1 aliphatic rings. The molecule has 1 fully saturated rings. The van der Waals surface area contributed by atoms with E-state index in [1.165, 1.54) is 38.8 Å². The van der Waals surface area contributed by atoms with Gasteiger partial charge in [0.25, 0.3) is 0 Å². The van der Waals surface area contributed by atoms with Crippen LogP contribution in [0.4, 0.5) is 0 Å². The van der Waals surface area contributed by atoms with E-state index < -0.39 is 0 Å². The predicted octanol–water partition coefficient (Wildman–Crippen LogP) is 3.77. The van der Waals surface area contributed by atoms with E-state index in [9.17, 15) is 4.79 Å². The van der Waals surface area contributed by atoms with Crippen molar-refractivity contribution in [3.8, 4) is 0 Å². The van der Waals surface area contributed by atoms with E-state index in [-0.39, 0.29) is 11.7 Å². The third kappa shape index (κ3) is 4.46. The Hall–Kier alpha value is -1.64. The molecule has 3 rings (SSSR count). The van der Waals surface area contributed by atoms with Crippen molar-refractivity contribution >= 4 is 17.4 Å². The van der Waals surface area contributed by atoms with E-state index in [0.717, 1.165) is 17.7 Å². The summed E-state index contributed by atoms with van der Waals surface area (Å²) < 4.78 is 0. The lowest BCUT2D eigenvalue weighted by molar-refractivity contribution is -0.899. The van der Waals surface area contributed by atoms with Gasteiger partial charge in [0.2, 0.25) is 0 Å². The number of nitrogens with one attached hydrogen (secondary N) is 1. The number of quaternary nitrogens is 1. The lowest BCUT2D eigenvalue weighted by Crippen LogP contribution is -3.12. The van der Waals surface area contributed by atoms with Gasteiger partial charge in [-0.1, -0.05) is 41.9 Å². The van der Waals surface area contributed by atoms with E-state index in [4.69, 9.17) is 11.6 Å². The highest BCUT2D eigenvalue weighted by Crippen LogP contribution is 2.21. The molecular weight excluding hydrogens is 318 g/mol. The van der Waals surface area contributed by atoms with Crippen LogP contribution in [0.2, 0.25) is 5.02 Å². The average Bonchev–Trinajstić information content (AvgIpc) is 2.89. The quantitative estimate of drug-likeness (QED) is 0.821. The zero-order chi connectivity index (χ0) is 16.8. The Labute approximate surface area is 149 Å². The van der Waals surface area contributed by atoms with Crippen LogP contribution >= 0.6 is 11.6 Å². The molecule has 1 heterocycles. The third-order valence-electron chi connectivity index (χ3n) is 4.95. The van der Waals surface area contributed by atoms with Crippen molar-refractivity contribution in [1.82, 2.24) is 0 Å². The number of rotatable bonds is 5. The fourth-order valence-corrected chi connectivity index (χ4v) is 3.71. The molecule has 0 unspecified atom stereocenters. The highest BCUT2D eigenvalue weighted by atomic mass is 35.5. The Kier molecular flexibility index (Phi) is 6.06. The normalized spacial score (nSPS) is 17.2. The highest BCUT2D eigenvalue weighted by molar-refractivity contribution is 6.30. The third-order valence-corrected chi connectivity index (χ3v) is 5.20. The van der Waals surface area contributed by atoms with Crippen LogP contribution < -0.4 is 4.90 Å². The molecule has 0 spiro atoms. The van der Waals surface area contributed by atoms with Crippen molar-refractivity contribution in [2.45, 2.75) is 31.6 Å². The van der Waals surface area contributed by atoms with Gasteiger partial charge in [0, 0.05) is 10.6 Å². The number of benzene rings is 2. The van der Waals surface area contributed by atoms with Gasteiger partial charge in [0.05, 0.1) is 25.6 Å². The van der Waals surface area contributed by atoms with Crippen LogP contribution in [-0.4, -0.2) is 25.4 Å². The lowest BCUT2D eigenvalue weighted by Gasteiger charge is -2.23. The van der Waals surface area contributed by atoms with Gasteiger partial charge >= 0.3 is 0 Å². The Morgan fingerprint density at radius 1 is 0.917 bits per heavy atom. The molecule has 0 aliphatic carbocycles. The van der Waals surface area contributed by atoms with Gasteiger partial charge in [-0.15, -0.1) is 0 Å². The van der Waals surface area contributed by atoms with Gasteiger partial charge in [-0.25, -0.2) is 0 Å². The minimum atomic E-state index is -0.0829. The summed E-state index contributed by atoms with van der Waals surface area (Å²) in [5.41, 5.74) is 1.87. The summed E-state index contributed by atoms with van der Waals surface area (Å²) in [5, 5.41) is 0.668. The maximum Gasteiger partial charge on any atom is 0.175 e. The van der Waals surface area contributed by atoms with Crippen molar-refractivity contribution in [3.63, 3.8) is 0 Å². The van der Waals surface area contributed by atoms with E-state index in [1.54, 1.807) is 17.0 Å². The lowest BCUT2D eigenvalue weighted by atomic mass is 9.90. The Balaban J connectivity index is 1.84. The number of ketones is 1. The minimum Gasteiger partial charge on any atom is -0.334 e. The molecule has 1 saturated heterocycles. The van der Waals surface area contributed by atoms with E-state index >= 15 is 0 Å². The van der Waals surface area contributed by atoms with E-state index in [1.807, 2.05) is 30.3 Å². The maximum atomic E-state index is 13.2. The summed E-state index contributed by atoms with van der Waals surface area (Å²) in [4.78, 5) is 14.7. The zero-order valence-corrected chi connectivity index (χ0v) is 14.8. The summed E-state index contributed by atoms with van der Waals surface area (Å²) >= 11 is 5.97. The molecule has 2 aromatic carbocycles. The first kappa shape index (κ1) is 17.2. The van der Waals surface area contributed by atoms with Gasteiger partial charge in [-0.05, 0) is 55.5 Å². The van der Waals surface area contributed by atoms with Crippen molar-refractivity contribution in [2.24, 2.45) is 0 Å². The second-order valence-corrected chi connectivity index (χ2v) is 7.14. The van der Waals surface area contributed by atoms with Gasteiger partial charge < -0.3 is 4.90 Å². The molecule has 2 aromatic rings. The molecule has 2 nitrogen and oxygen atoms in total. The van der Waals surface area contributed by atoms with Gasteiger partial charge in [0.15, 0.2) is 5.78 Å². The number of carbonyl (C=O) groups is 1. The fraction of sp³-hybridized carbons (Fsp3) is 0.381. The summed E-state index contributed by atoms with van der Waals surface area (Å²) in [7, 11) is 0. The molecule has 1 atom stereocenters. The molecule has 0 bridgehead atoms. The smallest absolute Gasteiger partial charge is 0.175 e. The second-order valence-electron chi connectivity index (χ2n) is 6.70. The van der Waals surface area contributed by atoms with Crippen LogP contribution in [0.3, 0.4) is 0 Å². The first-order chi connectivity index (χ1) is 11.7. The molecule has 1 aliphatic heterocycles. The molecule has 1 N–H and O–H groups in total. The molecule has 0 saturated carbocycles. The maximum absolute atomic E-state index is 13.2. The number of likely N-dealkylation sites (tertiary alicyclic amines) is 1. The van der Waals surface area contributed by atoms with Crippen molar-refractivity contribution in [1.29, 1.82) is 0 Å². The topological polar surface area (TPSA) is 21.5 Å². The minimum absolute atomic E-state index is 0.0829. The van der Waals surface area contributed by atoms with Gasteiger partial charge in [-0.2, -0.15) is 0 Å². The Morgan fingerprint density at radius 2 is 1.54 bits per heavy atom. The molecule has 0 amide bonds.